The van der Waals surface area contributed by atoms with Crippen LogP contribution >= 0.6 is 0 Å². The molecule has 1 aliphatic heterocycles. The van der Waals surface area contributed by atoms with E-state index in [0.717, 1.165) is 24.2 Å². The van der Waals surface area contributed by atoms with Crippen molar-refractivity contribution in [2.45, 2.75) is 25.3 Å². The van der Waals surface area contributed by atoms with Gasteiger partial charge in [0, 0.05) is 37.6 Å². The number of aryl methyl sites for hydroxylation is 1. The van der Waals surface area contributed by atoms with E-state index in [1.165, 1.54) is 19.4 Å². The molecule has 6 heteroatoms. The highest BCUT2D eigenvalue weighted by Crippen LogP contribution is 2.18. The van der Waals surface area contributed by atoms with Gasteiger partial charge in [0.15, 0.2) is 0 Å². The van der Waals surface area contributed by atoms with E-state index in [1.807, 2.05) is 25.5 Å². The first-order chi connectivity index (χ1) is 10.2. The van der Waals surface area contributed by atoms with Crippen molar-refractivity contribution in [3.8, 4) is 11.3 Å². The Bertz CT molecular complexity index is 593. The Labute approximate surface area is 125 Å². The summed E-state index contributed by atoms with van der Waals surface area (Å²) in [5.74, 6) is 0.692. The molecular formula is C15H22N6. The van der Waals surface area contributed by atoms with Crippen molar-refractivity contribution in [2.75, 3.05) is 25.5 Å². The van der Waals surface area contributed by atoms with Crippen LogP contribution in [0.2, 0.25) is 0 Å². The minimum atomic E-state index is 0.692. The summed E-state index contributed by atoms with van der Waals surface area (Å²) < 4.78 is 1.78. The summed E-state index contributed by atoms with van der Waals surface area (Å²) in [7, 11) is 4.11. The molecule has 0 radical (unpaired) electrons. The molecule has 0 saturated carbocycles. The maximum Gasteiger partial charge on any atom is 0.223 e. The zero-order valence-corrected chi connectivity index (χ0v) is 12.7. The van der Waals surface area contributed by atoms with Crippen molar-refractivity contribution in [1.29, 1.82) is 0 Å². The zero-order chi connectivity index (χ0) is 14.7. The zero-order valence-electron chi connectivity index (χ0n) is 12.7. The van der Waals surface area contributed by atoms with Crippen LogP contribution in [-0.2, 0) is 7.05 Å². The Hall–Kier alpha value is -1.95. The maximum absolute atomic E-state index is 4.55. The van der Waals surface area contributed by atoms with Crippen LogP contribution in [0.5, 0.6) is 0 Å². The lowest BCUT2D eigenvalue weighted by molar-refractivity contribution is 0.301. The fourth-order valence-electron chi connectivity index (χ4n) is 2.85. The summed E-state index contributed by atoms with van der Waals surface area (Å²) in [6.07, 6.45) is 9.32. The third kappa shape index (κ3) is 3.39. The topological polar surface area (TPSA) is 58.9 Å². The third-order valence-corrected chi connectivity index (χ3v) is 4.09. The lowest BCUT2D eigenvalue weighted by Gasteiger charge is -2.19. The summed E-state index contributed by atoms with van der Waals surface area (Å²) in [6.45, 7) is 2.13. The van der Waals surface area contributed by atoms with Crippen LogP contribution in [0.4, 0.5) is 5.95 Å². The fraction of sp³-hybridized carbons (Fsp3) is 0.533. The van der Waals surface area contributed by atoms with Gasteiger partial charge in [0.2, 0.25) is 5.95 Å². The van der Waals surface area contributed by atoms with Gasteiger partial charge in [0.1, 0.15) is 0 Å². The number of hydrogen-bond acceptors (Lipinski definition) is 5. The first kappa shape index (κ1) is 14.0. The van der Waals surface area contributed by atoms with Crippen LogP contribution in [0.15, 0.2) is 24.7 Å². The molecular weight excluding hydrogens is 264 g/mol. The molecule has 21 heavy (non-hydrogen) atoms. The average Bonchev–Trinajstić information content (AvgIpc) is 3.09. The van der Waals surface area contributed by atoms with Crippen molar-refractivity contribution < 1.29 is 0 Å². The second-order valence-corrected chi connectivity index (χ2v) is 5.66. The van der Waals surface area contributed by atoms with E-state index < -0.39 is 0 Å². The molecule has 3 rings (SSSR count). The van der Waals surface area contributed by atoms with E-state index in [-0.39, 0.29) is 0 Å². The summed E-state index contributed by atoms with van der Waals surface area (Å²) in [5, 5.41) is 7.51. The third-order valence-electron chi connectivity index (χ3n) is 4.09. The number of rotatable bonds is 5. The Morgan fingerprint density at radius 3 is 3.00 bits per heavy atom. The van der Waals surface area contributed by atoms with E-state index in [4.69, 9.17) is 0 Å². The summed E-state index contributed by atoms with van der Waals surface area (Å²) in [4.78, 5) is 11.3. The number of likely N-dealkylation sites (tertiary alicyclic amines) is 1. The van der Waals surface area contributed by atoms with E-state index in [1.54, 1.807) is 10.9 Å². The van der Waals surface area contributed by atoms with Crippen LogP contribution in [0.1, 0.15) is 19.3 Å². The van der Waals surface area contributed by atoms with Gasteiger partial charge >= 0.3 is 0 Å². The van der Waals surface area contributed by atoms with E-state index >= 15 is 0 Å². The summed E-state index contributed by atoms with van der Waals surface area (Å²) in [5.41, 5.74) is 1.91. The first-order valence-corrected chi connectivity index (χ1v) is 7.48. The van der Waals surface area contributed by atoms with E-state index in [0.29, 0.717) is 12.0 Å². The average molecular weight is 286 g/mol. The van der Waals surface area contributed by atoms with Crippen LogP contribution in [0, 0.1) is 0 Å². The standard InChI is InChI=1S/C15H22N6/c1-20-9-3-4-13(20)5-7-16-15-17-8-6-14(19-15)12-10-18-21(2)11-12/h6,8,10-11,13H,3-5,7,9H2,1-2H3,(H,16,17,19)/t13-/m1/s1. The van der Waals surface area contributed by atoms with Crippen molar-refractivity contribution >= 4 is 5.95 Å². The van der Waals surface area contributed by atoms with Gasteiger partial charge < -0.3 is 10.2 Å². The summed E-state index contributed by atoms with van der Waals surface area (Å²) >= 11 is 0. The van der Waals surface area contributed by atoms with Crippen molar-refractivity contribution in [3.63, 3.8) is 0 Å². The number of nitrogens with one attached hydrogen (secondary N) is 1. The number of anilines is 1. The molecule has 112 valence electrons. The molecule has 0 amide bonds. The smallest absolute Gasteiger partial charge is 0.223 e. The number of nitrogens with zero attached hydrogens (tertiary/aromatic N) is 5. The van der Waals surface area contributed by atoms with Gasteiger partial charge in [0.25, 0.3) is 0 Å². The highest BCUT2D eigenvalue weighted by atomic mass is 15.2. The van der Waals surface area contributed by atoms with Crippen molar-refractivity contribution in [3.05, 3.63) is 24.7 Å². The first-order valence-electron chi connectivity index (χ1n) is 7.48. The van der Waals surface area contributed by atoms with Gasteiger partial charge in [-0.3, -0.25) is 4.68 Å². The van der Waals surface area contributed by atoms with Gasteiger partial charge in [-0.1, -0.05) is 0 Å². The Balaban J connectivity index is 1.58. The van der Waals surface area contributed by atoms with Crippen molar-refractivity contribution in [1.82, 2.24) is 24.6 Å². The molecule has 1 saturated heterocycles. The quantitative estimate of drug-likeness (QED) is 0.908. The fourth-order valence-corrected chi connectivity index (χ4v) is 2.85. The van der Waals surface area contributed by atoms with Gasteiger partial charge in [-0.2, -0.15) is 5.10 Å². The monoisotopic (exact) mass is 286 g/mol. The highest BCUT2D eigenvalue weighted by molar-refractivity contribution is 5.57. The van der Waals surface area contributed by atoms with Crippen LogP contribution in [0.3, 0.4) is 0 Å². The molecule has 3 heterocycles. The Kier molecular flexibility index (Phi) is 4.15. The van der Waals surface area contributed by atoms with Crippen LogP contribution in [-0.4, -0.2) is 50.8 Å². The molecule has 2 aromatic heterocycles. The predicted octanol–water partition coefficient (Wildman–Crippen LogP) is 1.77. The molecule has 0 unspecified atom stereocenters. The lowest BCUT2D eigenvalue weighted by atomic mass is 10.1. The molecule has 0 spiro atoms. The van der Waals surface area contributed by atoms with Gasteiger partial charge in [0.05, 0.1) is 11.9 Å². The Morgan fingerprint density at radius 2 is 2.29 bits per heavy atom. The molecule has 1 N–H and O–H groups in total. The van der Waals surface area contributed by atoms with Gasteiger partial charge in [-0.05, 0) is 38.9 Å². The van der Waals surface area contributed by atoms with E-state index in [9.17, 15) is 0 Å². The molecule has 1 atom stereocenters. The molecule has 1 fully saturated rings. The molecule has 0 bridgehead atoms. The largest absolute Gasteiger partial charge is 0.354 e. The second kappa shape index (κ2) is 6.22. The number of hydrogen-bond donors (Lipinski definition) is 1. The van der Waals surface area contributed by atoms with Gasteiger partial charge in [-0.25, -0.2) is 9.97 Å². The second-order valence-electron chi connectivity index (χ2n) is 5.66. The molecule has 0 aromatic carbocycles. The van der Waals surface area contributed by atoms with Crippen LogP contribution < -0.4 is 5.32 Å². The number of aromatic nitrogens is 4. The lowest BCUT2D eigenvalue weighted by Crippen LogP contribution is -2.27. The molecule has 6 nitrogen and oxygen atoms in total. The molecule has 0 aliphatic carbocycles. The van der Waals surface area contributed by atoms with Crippen molar-refractivity contribution in [2.24, 2.45) is 7.05 Å². The Morgan fingerprint density at radius 1 is 1.38 bits per heavy atom. The highest BCUT2D eigenvalue weighted by Gasteiger charge is 2.19. The predicted molar refractivity (Wildman–Crippen MR) is 83.0 cm³/mol. The molecule has 2 aromatic rings. The minimum Gasteiger partial charge on any atom is -0.354 e. The SMILES string of the molecule is CN1CCC[C@@H]1CCNc1nccc(-c2cnn(C)c2)n1. The van der Waals surface area contributed by atoms with Crippen LogP contribution in [0.25, 0.3) is 11.3 Å². The normalized spacial score (nSPS) is 19.0. The maximum atomic E-state index is 4.55. The summed E-state index contributed by atoms with van der Waals surface area (Å²) in [6, 6.07) is 2.60. The van der Waals surface area contributed by atoms with E-state index in [2.05, 4.69) is 32.3 Å². The van der Waals surface area contributed by atoms with Gasteiger partial charge in [-0.15, -0.1) is 0 Å². The molecule has 1 aliphatic rings. The minimum absolute atomic E-state index is 0.692.